The summed E-state index contributed by atoms with van der Waals surface area (Å²) in [5.41, 5.74) is 1.14. The molecular weight excluding hydrogens is 443 g/mol. The van der Waals surface area contributed by atoms with Gasteiger partial charge in [-0.15, -0.1) is 13.2 Å². The van der Waals surface area contributed by atoms with E-state index in [9.17, 15) is 13.2 Å². The molecule has 0 atom stereocenters. The average Bonchev–Trinajstić information content (AvgIpc) is 2.75. The van der Waals surface area contributed by atoms with Gasteiger partial charge in [-0.1, -0.05) is 25.4 Å². The maximum atomic E-state index is 12.3. The predicted molar refractivity (Wildman–Crippen MR) is 121 cm³/mol. The fourth-order valence-electron chi connectivity index (χ4n) is 3.27. The van der Waals surface area contributed by atoms with Crippen molar-refractivity contribution in [3.63, 3.8) is 0 Å². The molecule has 0 saturated carbocycles. The number of likely N-dealkylation sites (N-methyl/N-ethyl adjacent to an activating group) is 1. The topological polar surface area (TPSA) is 46.6 Å². The van der Waals surface area contributed by atoms with Gasteiger partial charge in [-0.2, -0.15) is 0 Å². The highest BCUT2D eigenvalue weighted by Crippen LogP contribution is 2.32. The van der Waals surface area contributed by atoms with Crippen LogP contribution < -0.4 is 14.8 Å². The molecule has 3 rings (SSSR count). The summed E-state index contributed by atoms with van der Waals surface area (Å²) in [5, 5.41) is 4.32. The number of hydrogen-bond acceptors (Lipinski definition) is 5. The molecule has 3 aromatic rings. The smallest absolute Gasteiger partial charge is 0.492 e. The minimum atomic E-state index is -4.73. The molecule has 0 spiro atoms. The lowest BCUT2D eigenvalue weighted by Crippen LogP contribution is -2.29. The first-order chi connectivity index (χ1) is 15.3. The van der Waals surface area contributed by atoms with Crippen LogP contribution in [-0.2, 0) is 0 Å². The van der Waals surface area contributed by atoms with Crippen molar-refractivity contribution >= 4 is 34.0 Å². The van der Waals surface area contributed by atoms with Gasteiger partial charge in [-0.25, -0.2) is 4.98 Å². The Bertz CT molecular complexity index is 1030. The summed E-state index contributed by atoms with van der Waals surface area (Å²) in [6, 6.07) is 12.6. The van der Waals surface area contributed by atoms with Gasteiger partial charge < -0.3 is 19.7 Å². The van der Waals surface area contributed by atoms with Gasteiger partial charge in [0.1, 0.15) is 23.9 Å². The summed E-state index contributed by atoms with van der Waals surface area (Å²) in [7, 11) is 0. The number of alkyl halides is 3. The number of rotatable bonds is 10. The third-order valence-electron chi connectivity index (χ3n) is 4.78. The second-order valence-corrected chi connectivity index (χ2v) is 7.53. The van der Waals surface area contributed by atoms with Crippen LogP contribution in [0.1, 0.15) is 20.3 Å². The van der Waals surface area contributed by atoms with E-state index in [4.69, 9.17) is 16.3 Å². The van der Waals surface area contributed by atoms with Gasteiger partial charge in [0.25, 0.3) is 0 Å². The molecular formula is C23H25ClF3N3O2. The van der Waals surface area contributed by atoms with Crippen LogP contribution in [0.2, 0.25) is 5.02 Å². The maximum Gasteiger partial charge on any atom is 0.573 e. The highest BCUT2D eigenvalue weighted by Gasteiger charge is 2.30. The Balaban J connectivity index is 1.72. The first kappa shape index (κ1) is 23.9. The molecule has 0 aliphatic rings. The van der Waals surface area contributed by atoms with E-state index < -0.39 is 6.36 Å². The molecule has 0 aliphatic heterocycles. The number of aromatic nitrogens is 1. The van der Waals surface area contributed by atoms with Crippen LogP contribution in [0.15, 0.2) is 48.5 Å². The highest BCUT2D eigenvalue weighted by molar-refractivity contribution is 6.35. The SMILES string of the molecule is CCCN(CC)CCOc1ccc(Cl)c2nc(Nc3ccc(OC(F)(F)F)cc3)ccc12. The Hall–Kier alpha value is -2.71. The number of fused-ring (bicyclic) bond motifs is 1. The summed E-state index contributed by atoms with van der Waals surface area (Å²) in [6.07, 6.45) is -3.63. The van der Waals surface area contributed by atoms with E-state index in [2.05, 4.69) is 33.8 Å². The lowest BCUT2D eigenvalue weighted by atomic mass is 10.2. The van der Waals surface area contributed by atoms with Crippen LogP contribution >= 0.6 is 11.6 Å². The van der Waals surface area contributed by atoms with Crippen molar-refractivity contribution in [3.8, 4) is 11.5 Å². The van der Waals surface area contributed by atoms with E-state index in [0.29, 0.717) is 34.4 Å². The molecule has 0 bridgehead atoms. The molecule has 2 aromatic carbocycles. The monoisotopic (exact) mass is 467 g/mol. The van der Waals surface area contributed by atoms with Crippen molar-refractivity contribution in [3.05, 3.63) is 53.6 Å². The van der Waals surface area contributed by atoms with Crippen molar-refractivity contribution in [1.82, 2.24) is 9.88 Å². The zero-order valence-electron chi connectivity index (χ0n) is 17.9. The summed E-state index contributed by atoms with van der Waals surface area (Å²) in [6.45, 7) is 7.66. The highest BCUT2D eigenvalue weighted by atomic mass is 35.5. The molecule has 0 fully saturated rings. The van der Waals surface area contributed by atoms with Gasteiger partial charge in [0.15, 0.2) is 0 Å². The first-order valence-electron chi connectivity index (χ1n) is 10.4. The average molecular weight is 468 g/mol. The van der Waals surface area contributed by atoms with Crippen LogP contribution in [0.25, 0.3) is 10.9 Å². The van der Waals surface area contributed by atoms with Crippen molar-refractivity contribution in [2.45, 2.75) is 26.6 Å². The second kappa shape index (κ2) is 10.7. The molecule has 0 unspecified atom stereocenters. The Kier molecular flexibility index (Phi) is 8.04. The molecule has 0 aliphatic carbocycles. The Morgan fingerprint density at radius 1 is 1.00 bits per heavy atom. The molecule has 1 N–H and O–H groups in total. The third kappa shape index (κ3) is 6.64. The molecule has 0 amide bonds. The van der Waals surface area contributed by atoms with Crippen LogP contribution in [0.5, 0.6) is 11.5 Å². The van der Waals surface area contributed by atoms with Crippen LogP contribution in [0, 0.1) is 0 Å². The molecule has 1 heterocycles. The lowest BCUT2D eigenvalue weighted by molar-refractivity contribution is -0.274. The number of hydrogen-bond donors (Lipinski definition) is 1. The molecule has 172 valence electrons. The van der Waals surface area contributed by atoms with Gasteiger partial charge in [0, 0.05) is 17.6 Å². The molecule has 32 heavy (non-hydrogen) atoms. The Labute approximate surface area is 190 Å². The second-order valence-electron chi connectivity index (χ2n) is 7.12. The van der Waals surface area contributed by atoms with E-state index in [-0.39, 0.29) is 5.75 Å². The van der Waals surface area contributed by atoms with Gasteiger partial charge in [0.05, 0.1) is 10.5 Å². The number of pyridine rings is 1. The molecule has 5 nitrogen and oxygen atoms in total. The maximum absolute atomic E-state index is 12.3. The van der Waals surface area contributed by atoms with Gasteiger partial charge in [0.2, 0.25) is 0 Å². The minimum Gasteiger partial charge on any atom is -0.492 e. The molecule has 0 saturated heterocycles. The molecule has 9 heteroatoms. The van der Waals surface area contributed by atoms with Crippen LogP contribution in [-0.4, -0.2) is 42.5 Å². The Morgan fingerprint density at radius 2 is 1.75 bits per heavy atom. The number of nitrogens with zero attached hydrogens (tertiary/aromatic N) is 2. The van der Waals surface area contributed by atoms with E-state index in [1.165, 1.54) is 24.3 Å². The number of halogens is 4. The molecule has 1 aromatic heterocycles. The van der Waals surface area contributed by atoms with Crippen LogP contribution in [0.3, 0.4) is 0 Å². The minimum absolute atomic E-state index is 0.292. The normalized spacial score (nSPS) is 11.7. The molecule has 0 radical (unpaired) electrons. The standard InChI is InChI=1S/C23H25ClF3N3O2/c1-3-13-30(4-2)14-15-31-20-11-10-19(24)22-18(20)9-12-21(29-22)28-16-5-7-17(8-6-16)32-23(25,26)27/h5-12H,3-4,13-15H2,1-2H3,(H,28,29). The van der Waals surface area contributed by atoms with Crippen molar-refractivity contribution in [2.24, 2.45) is 0 Å². The van der Waals surface area contributed by atoms with E-state index in [0.717, 1.165) is 31.4 Å². The van der Waals surface area contributed by atoms with Gasteiger partial charge in [-0.05, 0) is 68.0 Å². The fourth-order valence-corrected chi connectivity index (χ4v) is 3.48. The summed E-state index contributed by atoms with van der Waals surface area (Å²) >= 11 is 6.36. The zero-order chi connectivity index (χ0) is 23.1. The summed E-state index contributed by atoms with van der Waals surface area (Å²) < 4.78 is 46.8. The number of benzene rings is 2. The number of anilines is 2. The number of ether oxygens (including phenoxy) is 2. The van der Waals surface area contributed by atoms with Gasteiger partial charge >= 0.3 is 6.36 Å². The third-order valence-corrected chi connectivity index (χ3v) is 5.09. The summed E-state index contributed by atoms with van der Waals surface area (Å²) in [4.78, 5) is 6.88. The predicted octanol–water partition coefficient (Wildman–Crippen LogP) is 6.64. The summed E-state index contributed by atoms with van der Waals surface area (Å²) in [5.74, 6) is 0.908. The Morgan fingerprint density at radius 3 is 2.41 bits per heavy atom. The first-order valence-corrected chi connectivity index (χ1v) is 10.7. The van der Waals surface area contributed by atoms with E-state index in [1.54, 1.807) is 12.1 Å². The van der Waals surface area contributed by atoms with Crippen LogP contribution in [0.4, 0.5) is 24.7 Å². The quantitative estimate of drug-likeness (QED) is 0.362. The van der Waals surface area contributed by atoms with Crippen molar-refractivity contribution in [2.75, 3.05) is 31.6 Å². The van der Waals surface area contributed by atoms with Crippen molar-refractivity contribution < 1.29 is 22.6 Å². The fraction of sp³-hybridized carbons (Fsp3) is 0.348. The zero-order valence-corrected chi connectivity index (χ0v) is 18.6. The van der Waals surface area contributed by atoms with Gasteiger partial charge in [-0.3, -0.25) is 0 Å². The van der Waals surface area contributed by atoms with E-state index >= 15 is 0 Å². The van der Waals surface area contributed by atoms with Crippen molar-refractivity contribution in [1.29, 1.82) is 0 Å². The lowest BCUT2D eigenvalue weighted by Gasteiger charge is -2.20. The largest absolute Gasteiger partial charge is 0.573 e. The van der Waals surface area contributed by atoms with E-state index in [1.807, 2.05) is 12.1 Å². The number of nitrogens with one attached hydrogen (secondary N) is 1.